The molecule has 1 atom stereocenters. The molecule has 1 aliphatic carbocycles. The summed E-state index contributed by atoms with van der Waals surface area (Å²) >= 11 is 0. The van der Waals surface area contributed by atoms with Crippen LogP contribution in [0.25, 0.3) is 0 Å². The maximum atomic E-state index is 5.79. The van der Waals surface area contributed by atoms with Crippen molar-refractivity contribution < 1.29 is 4.74 Å². The number of likely N-dealkylation sites (N-methyl/N-ethyl adjacent to an activating group) is 1. The highest BCUT2D eigenvalue weighted by molar-refractivity contribution is 5.37. The van der Waals surface area contributed by atoms with Gasteiger partial charge in [-0.1, -0.05) is 31.2 Å². The fourth-order valence-electron chi connectivity index (χ4n) is 3.05. The van der Waals surface area contributed by atoms with Gasteiger partial charge in [0.15, 0.2) is 0 Å². The Bertz CT molecular complexity index is 367. The van der Waals surface area contributed by atoms with Crippen LogP contribution in [0.3, 0.4) is 0 Å². The molecule has 0 amide bonds. The van der Waals surface area contributed by atoms with E-state index >= 15 is 0 Å². The lowest BCUT2D eigenvalue weighted by molar-refractivity contribution is 0.0823. The van der Waals surface area contributed by atoms with Gasteiger partial charge >= 0.3 is 0 Å². The van der Waals surface area contributed by atoms with Crippen LogP contribution in [0.15, 0.2) is 24.3 Å². The molecule has 0 saturated heterocycles. The average Bonchev–Trinajstić information content (AvgIpc) is 2.43. The molecule has 0 heterocycles. The van der Waals surface area contributed by atoms with Crippen LogP contribution in [0, 0.1) is 0 Å². The van der Waals surface area contributed by atoms with Crippen LogP contribution in [-0.4, -0.2) is 26.3 Å². The van der Waals surface area contributed by atoms with Gasteiger partial charge in [-0.15, -0.1) is 0 Å². The monoisotopic (exact) mass is 247 g/mol. The molecule has 1 N–H and O–H groups in total. The molecular formula is C16H25NO. The summed E-state index contributed by atoms with van der Waals surface area (Å²) in [6.07, 6.45) is 3.72. The fourth-order valence-corrected chi connectivity index (χ4v) is 3.05. The third kappa shape index (κ3) is 2.76. The molecule has 1 aromatic rings. The van der Waals surface area contributed by atoms with Crippen molar-refractivity contribution in [3.05, 3.63) is 35.4 Å². The highest BCUT2D eigenvalue weighted by Gasteiger charge is 2.36. The second kappa shape index (κ2) is 6.35. The van der Waals surface area contributed by atoms with E-state index in [1.165, 1.54) is 30.4 Å². The lowest BCUT2D eigenvalue weighted by atomic mass is 9.70. The smallest absolute Gasteiger partial charge is 0.0575 e. The van der Waals surface area contributed by atoms with E-state index in [2.05, 4.69) is 43.4 Å². The minimum atomic E-state index is 0.181. The Morgan fingerprint density at radius 2 is 2.11 bits per heavy atom. The van der Waals surface area contributed by atoms with Crippen LogP contribution in [0.2, 0.25) is 0 Å². The molecule has 0 fully saturated rings. The molecule has 1 aromatic carbocycles. The Balaban J connectivity index is 2.28. The molecular weight excluding hydrogens is 222 g/mol. The molecule has 2 rings (SSSR count). The normalized spacial score (nSPS) is 22.8. The predicted molar refractivity (Wildman–Crippen MR) is 76.1 cm³/mol. The number of ether oxygens (including phenoxy) is 1. The Morgan fingerprint density at radius 3 is 2.89 bits per heavy atom. The van der Waals surface area contributed by atoms with Crippen LogP contribution >= 0.6 is 0 Å². The highest BCUT2D eigenvalue weighted by atomic mass is 16.5. The van der Waals surface area contributed by atoms with Crippen LogP contribution in [0.1, 0.15) is 37.8 Å². The fraction of sp³-hybridized carbons (Fsp3) is 0.625. The van der Waals surface area contributed by atoms with Crippen LogP contribution in [0.5, 0.6) is 0 Å². The van der Waals surface area contributed by atoms with Gasteiger partial charge in [-0.25, -0.2) is 0 Å². The number of rotatable bonds is 6. The zero-order valence-electron chi connectivity index (χ0n) is 11.7. The Hall–Kier alpha value is -0.860. The average molecular weight is 247 g/mol. The maximum absolute atomic E-state index is 5.79. The number of nitrogens with one attached hydrogen (secondary N) is 1. The van der Waals surface area contributed by atoms with Gasteiger partial charge < -0.3 is 10.1 Å². The number of hydrogen-bond acceptors (Lipinski definition) is 2. The summed E-state index contributed by atoms with van der Waals surface area (Å²) in [5.74, 6) is 0. The summed E-state index contributed by atoms with van der Waals surface area (Å²) in [5, 5.41) is 3.53. The van der Waals surface area contributed by atoms with Gasteiger partial charge in [-0.2, -0.15) is 0 Å². The first kappa shape index (κ1) is 13.6. The highest BCUT2D eigenvalue weighted by Crippen LogP contribution is 2.37. The molecule has 0 spiro atoms. The van der Waals surface area contributed by atoms with Gasteiger partial charge in [0, 0.05) is 18.6 Å². The van der Waals surface area contributed by atoms with Crippen molar-refractivity contribution in [1.29, 1.82) is 0 Å². The molecule has 0 bridgehead atoms. The van der Waals surface area contributed by atoms with E-state index in [0.717, 1.165) is 26.3 Å². The molecule has 0 radical (unpaired) electrons. The van der Waals surface area contributed by atoms with Crippen molar-refractivity contribution in [3.8, 4) is 0 Å². The second-order valence-corrected chi connectivity index (χ2v) is 5.21. The summed E-state index contributed by atoms with van der Waals surface area (Å²) in [5.41, 5.74) is 3.20. The number of benzene rings is 1. The van der Waals surface area contributed by atoms with Crippen molar-refractivity contribution in [3.63, 3.8) is 0 Å². The van der Waals surface area contributed by atoms with Crippen molar-refractivity contribution in [2.75, 3.05) is 26.3 Å². The minimum absolute atomic E-state index is 0.181. The van der Waals surface area contributed by atoms with E-state index in [1.807, 2.05) is 0 Å². The van der Waals surface area contributed by atoms with Crippen molar-refractivity contribution in [2.45, 2.75) is 38.5 Å². The number of aryl methyl sites for hydroxylation is 1. The Labute approximate surface area is 111 Å². The standard InChI is InChI=1S/C16H25NO/c1-3-17-12-16(13-18-4-2)11-7-9-14-8-5-6-10-15(14)16/h5-6,8,10,17H,3-4,7,9,11-13H2,1-2H3. The lowest BCUT2D eigenvalue weighted by Crippen LogP contribution is -2.44. The van der Waals surface area contributed by atoms with Crippen LogP contribution in [0.4, 0.5) is 0 Å². The first-order valence-corrected chi connectivity index (χ1v) is 7.19. The summed E-state index contributed by atoms with van der Waals surface area (Å²) < 4.78 is 5.79. The van der Waals surface area contributed by atoms with E-state index in [9.17, 15) is 0 Å². The summed E-state index contributed by atoms with van der Waals surface area (Å²) in [7, 11) is 0. The number of fused-ring (bicyclic) bond motifs is 1. The quantitative estimate of drug-likeness (QED) is 0.834. The van der Waals surface area contributed by atoms with Gasteiger partial charge in [-0.05, 0) is 43.9 Å². The van der Waals surface area contributed by atoms with E-state index < -0.39 is 0 Å². The largest absolute Gasteiger partial charge is 0.381 e. The molecule has 18 heavy (non-hydrogen) atoms. The molecule has 100 valence electrons. The van der Waals surface area contributed by atoms with Crippen molar-refractivity contribution in [2.24, 2.45) is 0 Å². The maximum Gasteiger partial charge on any atom is 0.0575 e. The molecule has 2 nitrogen and oxygen atoms in total. The minimum Gasteiger partial charge on any atom is -0.381 e. The van der Waals surface area contributed by atoms with E-state index in [-0.39, 0.29) is 5.41 Å². The van der Waals surface area contributed by atoms with Crippen LogP contribution in [-0.2, 0) is 16.6 Å². The summed E-state index contributed by atoms with van der Waals surface area (Å²) in [4.78, 5) is 0. The first-order valence-electron chi connectivity index (χ1n) is 7.19. The Kier molecular flexibility index (Phi) is 4.79. The predicted octanol–water partition coefficient (Wildman–Crippen LogP) is 2.91. The van der Waals surface area contributed by atoms with Gasteiger partial charge in [0.2, 0.25) is 0 Å². The molecule has 2 heteroatoms. The molecule has 0 aliphatic heterocycles. The summed E-state index contributed by atoms with van der Waals surface area (Å²) in [6, 6.07) is 8.89. The second-order valence-electron chi connectivity index (χ2n) is 5.21. The van der Waals surface area contributed by atoms with E-state index in [4.69, 9.17) is 4.74 Å². The molecule has 1 unspecified atom stereocenters. The van der Waals surface area contributed by atoms with Gasteiger partial charge in [0.1, 0.15) is 0 Å². The number of hydrogen-bond donors (Lipinski definition) is 1. The zero-order valence-corrected chi connectivity index (χ0v) is 11.7. The van der Waals surface area contributed by atoms with E-state index in [0.29, 0.717) is 0 Å². The van der Waals surface area contributed by atoms with E-state index in [1.54, 1.807) is 0 Å². The molecule has 0 aromatic heterocycles. The van der Waals surface area contributed by atoms with Gasteiger partial charge in [0.05, 0.1) is 6.61 Å². The summed E-state index contributed by atoms with van der Waals surface area (Å²) in [6.45, 7) is 7.94. The van der Waals surface area contributed by atoms with Crippen LogP contribution < -0.4 is 5.32 Å². The molecule has 0 saturated carbocycles. The third-order valence-corrected chi connectivity index (χ3v) is 3.99. The first-order chi connectivity index (χ1) is 8.82. The zero-order chi connectivity index (χ0) is 12.8. The molecule has 1 aliphatic rings. The van der Waals surface area contributed by atoms with Gasteiger partial charge in [-0.3, -0.25) is 0 Å². The SMILES string of the molecule is CCNCC1(COCC)CCCc2ccccc21. The van der Waals surface area contributed by atoms with Crippen molar-refractivity contribution in [1.82, 2.24) is 5.32 Å². The van der Waals surface area contributed by atoms with Gasteiger partial charge in [0.25, 0.3) is 0 Å². The topological polar surface area (TPSA) is 21.3 Å². The lowest BCUT2D eigenvalue weighted by Gasteiger charge is -2.39. The third-order valence-electron chi connectivity index (χ3n) is 3.99. The van der Waals surface area contributed by atoms with Crippen molar-refractivity contribution >= 4 is 0 Å². The Morgan fingerprint density at radius 1 is 1.28 bits per heavy atom.